The van der Waals surface area contributed by atoms with E-state index < -0.39 is 76.2 Å². The number of carbonyl (C=O) groups is 5. The number of rotatable bonds is 3. The van der Waals surface area contributed by atoms with Crippen LogP contribution in [-0.2, 0) is 19.2 Å². The third kappa shape index (κ3) is 3.34. The molecule has 2 aromatic carbocycles. The zero-order chi connectivity index (χ0) is 27.7. The average molecular weight is 519 g/mol. The van der Waals surface area contributed by atoms with E-state index in [4.69, 9.17) is 5.73 Å². The average Bonchev–Trinajstić information content (AvgIpc) is 2.86. The lowest BCUT2D eigenvalue weighted by molar-refractivity contribution is -0.192. The number of likely N-dealkylation sites (N-methyl/N-ethyl adjacent to an activating group) is 1. The Morgan fingerprint density at radius 1 is 1.00 bits per heavy atom. The summed E-state index contributed by atoms with van der Waals surface area (Å²) >= 11 is 0. The normalized spacial score (nSPS) is 33.7. The number of aliphatic hydroxyl groups excluding tert-OH is 1. The van der Waals surface area contributed by atoms with Gasteiger partial charge in [-0.15, -0.1) is 0 Å². The van der Waals surface area contributed by atoms with Crippen molar-refractivity contribution in [3.63, 3.8) is 0 Å². The molecule has 5 N–H and O–H groups in total. The highest BCUT2D eigenvalue weighted by Gasteiger charge is 2.72. The minimum atomic E-state index is -3.04. The van der Waals surface area contributed by atoms with Crippen LogP contribution >= 0.6 is 0 Å². The number of phenols is 1. The van der Waals surface area contributed by atoms with Crippen LogP contribution < -0.4 is 5.73 Å². The molecule has 38 heavy (non-hydrogen) atoms. The van der Waals surface area contributed by atoms with Gasteiger partial charge in [0.2, 0.25) is 5.91 Å². The van der Waals surface area contributed by atoms with Crippen LogP contribution in [0.2, 0.25) is 0 Å². The predicted molar refractivity (Wildman–Crippen MR) is 133 cm³/mol. The maximum atomic E-state index is 14.1. The molecule has 0 aromatic heterocycles. The van der Waals surface area contributed by atoms with E-state index in [1.807, 2.05) is 0 Å². The third-order valence-corrected chi connectivity index (χ3v) is 7.99. The summed E-state index contributed by atoms with van der Waals surface area (Å²) in [5, 5.41) is 34.1. The summed E-state index contributed by atoms with van der Waals surface area (Å²) in [5.41, 5.74) is 3.37. The number of carbonyl (C=O) groups excluding carboxylic acids is 5. The van der Waals surface area contributed by atoms with Crippen molar-refractivity contribution >= 4 is 40.7 Å². The Balaban J connectivity index is 1.80. The summed E-state index contributed by atoms with van der Waals surface area (Å²) in [6, 6.07) is 11.8. The van der Waals surface area contributed by atoms with Gasteiger partial charge >= 0.3 is 0 Å². The minimum Gasteiger partial charge on any atom is -0.507 e. The maximum absolute atomic E-state index is 14.1. The van der Waals surface area contributed by atoms with Crippen LogP contribution in [0.1, 0.15) is 21.5 Å². The first kappa shape index (κ1) is 25.7. The fourth-order valence-corrected chi connectivity index (χ4v) is 6.40. The zero-order valence-corrected chi connectivity index (χ0v) is 20.6. The molecule has 0 heterocycles. The van der Waals surface area contributed by atoms with Crippen molar-refractivity contribution in [3.05, 3.63) is 65.2 Å². The van der Waals surface area contributed by atoms with Crippen molar-refractivity contribution in [2.24, 2.45) is 29.4 Å². The predicted octanol–water partition coefficient (Wildman–Crippen LogP) is -0.164. The number of nitrogens with two attached hydrogens (primary N) is 1. The molecule has 2 fully saturated rings. The second-order valence-electron chi connectivity index (χ2n) is 10.2. The zero-order valence-electron chi connectivity index (χ0n) is 20.6. The van der Waals surface area contributed by atoms with Crippen molar-refractivity contribution in [2.45, 2.75) is 17.7 Å². The Morgan fingerprint density at radius 3 is 2.26 bits per heavy atom. The van der Waals surface area contributed by atoms with Gasteiger partial charge in [-0.2, -0.15) is 0 Å². The Bertz CT molecular complexity index is 1430. The number of hydrogen-bond donors (Lipinski definition) is 4. The smallest absolute Gasteiger partial charge is 0.235 e. The Morgan fingerprint density at radius 2 is 1.66 bits per heavy atom. The molecule has 7 atom stereocenters. The molecule has 2 aromatic rings. The van der Waals surface area contributed by atoms with Gasteiger partial charge in [-0.1, -0.05) is 48.5 Å². The van der Waals surface area contributed by atoms with Gasteiger partial charge in [-0.3, -0.25) is 28.9 Å². The molecule has 0 bridgehead atoms. The first-order chi connectivity index (χ1) is 17.9. The summed E-state index contributed by atoms with van der Waals surface area (Å²) in [4.78, 5) is 67.9. The topological polar surface area (TPSA) is 175 Å². The van der Waals surface area contributed by atoms with Crippen LogP contribution in [0.3, 0.4) is 0 Å². The molecule has 3 aliphatic carbocycles. The number of fused-ring (bicyclic) bond motifs is 3. The third-order valence-electron chi connectivity index (χ3n) is 7.99. The van der Waals surface area contributed by atoms with Crippen molar-refractivity contribution in [1.29, 1.82) is 0 Å². The van der Waals surface area contributed by atoms with E-state index in [2.05, 4.69) is 0 Å². The summed E-state index contributed by atoms with van der Waals surface area (Å²) < 4.78 is 0. The van der Waals surface area contributed by atoms with Crippen molar-refractivity contribution in [1.82, 2.24) is 4.90 Å². The Labute approximate surface area is 217 Å². The lowest BCUT2D eigenvalue weighted by atomic mass is 9.50. The number of ketones is 4. The van der Waals surface area contributed by atoms with E-state index in [0.29, 0.717) is 11.1 Å². The lowest BCUT2D eigenvalue weighted by Gasteiger charge is -2.55. The number of benzene rings is 2. The molecule has 5 rings (SSSR count). The van der Waals surface area contributed by atoms with E-state index in [1.165, 1.54) is 31.1 Å². The Hall–Kier alpha value is -3.99. The van der Waals surface area contributed by atoms with Gasteiger partial charge in [0.1, 0.15) is 5.75 Å². The highest BCUT2D eigenvalue weighted by atomic mass is 16.3. The first-order valence-electron chi connectivity index (χ1n) is 12.0. The molecule has 2 unspecified atom stereocenters. The summed E-state index contributed by atoms with van der Waals surface area (Å²) in [5.74, 6) is -13.1. The van der Waals surface area contributed by atoms with Gasteiger partial charge in [-0.25, -0.2) is 0 Å². The molecular formula is C28H26N2O8. The van der Waals surface area contributed by atoms with Crippen LogP contribution in [0, 0.1) is 23.7 Å². The fraction of sp³-hybridized carbons (Fsp3) is 0.321. The van der Waals surface area contributed by atoms with Crippen molar-refractivity contribution in [2.75, 3.05) is 14.1 Å². The molecule has 3 aliphatic rings. The molecule has 0 saturated heterocycles. The number of primary amides is 1. The van der Waals surface area contributed by atoms with Crippen molar-refractivity contribution in [3.8, 4) is 5.75 Å². The lowest BCUT2D eigenvalue weighted by Crippen LogP contribution is -2.77. The van der Waals surface area contributed by atoms with Crippen molar-refractivity contribution < 1.29 is 39.3 Å². The van der Waals surface area contributed by atoms with Crippen LogP contribution in [-0.4, -0.2) is 81.1 Å². The van der Waals surface area contributed by atoms with Gasteiger partial charge in [0.25, 0.3) is 0 Å². The molecule has 0 aliphatic heterocycles. The molecule has 1 amide bonds. The van der Waals surface area contributed by atoms with Gasteiger partial charge in [0.15, 0.2) is 34.7 Å². The van der Waals surface area contributed by atoms with E-state index in [-0.39, 0.29) is 11.1 Å². The largest absolute Gasteiger partial charge is 0.507 e. The molecule has 2 saturated carbocycles. The number of aliphatic hydroxyl groups is 2. The number of aromatic hydroxyl groups is 1. The van der Waals surface area contributed by atoms with E-state index in [1.54, 1.807) is 42.5 Å². The highest BCUT2D eigenvalue weighted by molar-refractivity contribution is 6.33. The highest BCUT2D eigenvalue weighted by Crippen LogP contribution is 2.54. The monoisotopic (exact) mass is 518 g/mol. The Kier molecular flexibility index (Phi) is 5.94. The second-order valence-corrected chi connectivity index (χ2v) is 10.2. The van der Waals surface area contributed by atoms with Gasteiger partial charge in [0, 0.05) is 5.92 Å². The number of hydrogen-bond acceptors (Lipinski definition) is 9. The number of phenolic OH excluding ortho intramolecular Hbond substituents is 1. The molecular weight excluding hydrogens is 492 g/mol. The van der Waals surface area contributed by atoms with Gasteiger partial charge in [-0.05, 0) is 36.9 Å². The molecule has 196 valence electrons. The van der Waals surface area contributed by atoms with E-state index >= 15 is 0 Å². The summed E-state index contributed by atoms with van der Waals surface area (Å²) in [7, 11) is 2.89. The second kappa shape index (κ2) is 8.80. The van der Waals surface area contributed by atoms with Gasteiger partial charge < -0.3 is 21.1 Å². The van der Waals surface area contributed by atoms with Crippen LogP contribution in [0.25, 0.3) is 11.6 Å². The number of nitrogens with zero attached hydrogens (tertiary/aromatic N) is 1. The number of amides is 1. The molecule has 0 radical (unpaired) electrons. The standard InChI is InChI=1S/C28H26N2O8/c1-30(2)21-20-23(33)17-14(11-12-7-4-3-5-8-12)13-9-6-10-15(31)16(13)22(32)18(17)25(35)28(20,38)26(36)19(24(21)34)27(29)37/h3-11,17-21,23,31,33,38H,1-2H3,(H2,29,37)/t17-,18?,19?,20-,21+,23+,28+/m0/s1. The van der Waals surface area contributed by atoms with E-state index in [9.17, 15) is 39.3 Å². The number of Topliss-reactive ketones (excluding diaryl/α,β-unsaturated/α-hetero) is 4. The summed E-state index contributed by atoms with van der Waals surface area (Å²) in [6.07, 6.45) is -0.0849. The van der Waals surface area contributed by atoms with Crippen LogP contribution in [0.15, 0.2) is 48.5 Å². The minimum absolute atomic E-state index is 0.187. The molecule has 10 nitrogen and oxygen atoms in total. The van der Waals surface area contributed by atoms with Crippen LogP contribution in [0.4, 0.5) is 0 Å². The van der Waals surface area contributed by atoms with E-state index in [0.717, 1.165) is 0 Å². The molecule has 0 spiro atoms. The fourth-order valence-electron chi connectivity index (χ4n) is 6.40. The first-order valence-corrected chi connectivity index (χ1v) is 12.0. The van der Waals surface area contributed by atoms with Gasteiger partial charge in [0.05, 0.1) is 29.5 Å². The quantitative estimate of drug-likeness (QED) is 0.402. The maximum Gasteiger partial charge on any atom is 0.235 e. The SMILES string of the molecule is CN(C)[C@H]1C(=O)C(C(N)=O)C(=O)[C@]2(O)C(=O)C3C(=O)c4c(O)cccc4C(=Cc4ccccc4)[C@@H]3[C@@H](O)[C@H]12. The van der Waals surface area contributed by atoms with Crippen LogP contribution in [0.5, 0.6) is 5.75 Å². The molecule has 10 heteroatoms. The summed E-state index contributed by atoms with van der Waals surface area (Å²) in [6.45, 7) is 0.